The number of amides is 1. The molecule has 0 aliphatic heterocycles. The highest BCUT2D eigenvalue weighted by atomic mass is 35.5. The maximum absolute atomic E-state index is 12.4. The largest absolute Gasteiger partial charge is 0.497 e. The Bertz CT molecular complexity index is 799. The van der Waals surface area contributed by atoms with Crippen molar-refractivity contribution in [1.82, 2.24) is 10.2 Å². The maximum atomic E-state index is 12.4. The molecule has 5 heteroatoms. The number of nitrogens with one attached hydrogen (secondary N) is 1. The van der Waals surface area contributed by atoms with Crippen LogP contribution < -0.4 is 10.1 Å². The molecule has 2 aromatic carbocycles. The number of benzene rings is 2. The van der Waals surface area contributed by atoms with Gasteiger partial charge in [0.25, 0.3) is 5.91 Å². The molecule has 2 aromatic rings. The highest BCUT2D eigenvalue weighted by Gasteiger charge is 2.30. The zero-order valence-corrected chi connectivity index (χ0v) is 18.3. The summed E-state index contributed by atoms with van der Waals surface area (Å²) in [6.45, 7) is 0.732. The van der Waals surface area contributed by atoms with Crippen molar-refractivity contribution < 1.29 is 9.53 Å². The summed E-state index contributed by atoms with van der Waals surface area (Å²) in [6, 6.07) is 15.9. The fourth-order valence-electron chi connectivity index (χ4n) is 4.46. The lowest BCUT2D eigenvalue weighted by Gasteiger charge is -2.37. The van der Waals surface area contributed by atoms with Gasteiger partial charge < -0.3 is 15.0 Å². The zero-order valence-electron chi connectivity index (χ0n) is 17.5. The minimum absolute atomic E-state index is 0.0293. The molecule has 1 unspecified atom stereocenters. The molecule has 0 bridgehead atoms. The van der Waals surface area contributed by atoms with Gasteiger partial charge in [-0.1, -0.05) is 29.8 Å². The minimum Gasteiger partial charge on any atom is -0.497 e. The fourth-order valence-corrected chi connectivity index (χ4v) is 4.59. The third-order valence-electron chi connectivity index (χ3n) is 5.99. The van der Waals surface area contributed by atoms with E-state index in [-0.39, 0.29) is 5.91 Å². The Morgan fingerprint density at radius 3 is 2.45 bits per heavy atom. The maximum Gasteiger partial charge on any atom is 0.251 e. The van der Waals surface area contributed by atoms with E-state index in [1.54, 1.807) is 13.2 Å². The van der Waals surface area contributed by atoms with Crippen LogP contribution in [0.4, 0.5) is 0 Å². The predicted octanol–water partition coefficient (Wildman–Crippen LogP) is 5.19. The van der Waals surface area contributed by atoms with Crippen molar-refractivity contribution in [2.45, 2.75) is 31.7 Å². The second-order valence-corrected chi connectivity index (χ2v) is 8.62. The van der Waals surface area contributed by atoms with Crippen molar-refractivity contribution in [1.29, 1.82) is 0 Å². The van der Waals surface area contributed by atoms with E-state index >= 15 is 0 Å². The first-order valence-electron chi connectivity index (χ1n) is 10.3. The molecule has 4 nitrogen and oxygen atoms in total. The smallest absolute Gasteiger partial charge is 0.251 e. The van der Waals surface area contributed by atoms with Gasteiger partial charge in [-0.25, -0.2) is 0 Å². The molecular formula is C24H31ClN2O2. The molecule has 1 atom stereocenters. The van der Waals surface area contributed by atoms with Gasteiger partial charge in [-0.15, -0.1) is 0 Å². The van der Waals surface area contributed by atoms with Crippen LogP contribution in [0.2, 0.25) is 5.02 Å². The topological polar surface area (TPSA) is 41.6 Å². The summed E-state index contributed by atoms with van der Waals surface area (Å²) in [4.78, 5) is 14.8. The normalized spacial score (nSPS) is 20.3. The molecule has 156 valence electrons. The average molecular weight is 415 g/mol. The first-order valence-corrected chi connectivity index (χ1v) is 10.7. The van der Waals surface area contributed by atoms with Crippen LogP contribution in [0.25, 0.3) is 0 Å². The zero-order chi connectivity index (χ0) is 20.8. The van der Waals surface area contributed by atoms with Gasteiger partial charge >= 0.3 is 0 Å². The number of rotatable bonds is 7. The first kappa shape index (κ1) is 21.7. The Balaban J connectivity index is 1.52. The number of carbonyl (C=O) groups excluding carboxylic acids is 1. The Labute approximate surface area is 179 Å². The number of methoxy groups -OCH3 is 1. The van der Waals surface area contributed by atoms with Crippen LogP contribution in [-0.4, -0.2) is 38.6 Å². The van der Waals surface area contributed by atoms with E-state index in [1.807, 2.05) is 30.3 Å². The van der Waals surface area contributed by atoms with Crippen molar-refractivity contribution in [3.8, 4) is 5.75 Å². The molecule has 1 aliphatic carbocycles. The number of carbonyl (C=O) groups is 1. The third kappa shape index (κ3) is 5.74. The summed E-state index contributed by atoms with van der Waals surface area (Å²) in [7, 11) is 5.92. The summed E-state index contributed by atoms with van der Waals surface area (Å²) in [6.07, 6.45) is 4.62. The van der Waals surface area contributed by atoms with E-state index in [9.17, 15) is 4.79 Å². The van der Waals surface area contributed by atoms with Gasteiger partial charge in [0.15, 0.2) is 0 Å². The lowest BCUT2D eigenvalue weighted by Crippen LogP contribution is -2.34. The highest BCUT2D eigenvalue weighted by Crippen LogP contribution is 2.39. The molecule has 0 saturated heterocycles. The highest BCUT2D eigenvalue weighted by molar-refractivity contribution is 6.30. The quantitative estimate of drug-likeness (QED) is 0.678. The van der Waals surface area contributed by atoms with Gasteiger partial charge in [0.1, 0.15) is 5.75 Å². The Morgan fingerprint density at radius 1 is 1.14 bits per heavy atom. The number of ether oxygens (including phenoxy) is 1. The molecular weight excluding hydrogens is 384 g/mol. The summed E-state index contributed by atoms with van der Waals surface area (Å²) >= 11 is 6.07. The summed E-state index contributed by atoms with van der Waals surface area (Å²) in [5.41, 5.74) is 1.97. The lowest BCUT2D eigenvalue weighted by atomic mass is 9.76. The third-order valence-corrected chi connectivity index (χ3v) is 6.24. The monoisotopic (exact) mass is 414 g/mol. The van der Waals surface area contributed by atoms with Gasteiger partial charge in [0.2, 0.25) is 0 Å². The van der Waals surface area contributed by atoms with Crippen LogP contribution in [0.5, 0.6) is 5.75 Å². The van der Waals surface area contributed by atoms with Crippen molar-refractivity contribution >= 4 is 17.5 Å². The Hall–Kier alpha value is -2.04. The molecule has 1 aliphatic rings. The second kappa shape index (κ2) is 10.1. The number of halogens is 1. The molecule has 0 radical (unpaired) electrons. The lowest BCUT2D eigenvalue weighted by molar-refractivity contribution is 0.0934. The van der Waals surface area contributed by atoms with Crippen molar-refractivity contribution in [3.63, 3.8) is 0 Å². The van der Waals surface area contributed by atoms with Crippen LogP contribution in [0, 0.1) is 11.8 Å². The molecule has 1 N–H and O–H groups in total. The summed E-state index contributed by atoms with van der Waals surface area (Å²) in [5, 5.41) is 3.88. The van der Waals surface area contributed by atoms with E-state index in [0.29, 0.717) is 29.2 Å². The number of hydrogen-bond donors (Lipinski definition) is 1. The molecule has 0 aromatic heterocycles. The average Bonchev–Trinajstić information content (AvgIpc) is 2.74. The molecule has 0 heterocycles. The van der Waals surface area contributed by atoms with Crippen LogP contribution in [0.15, 0.2) is 48.5 Å². The van der Waals surface area contributed by atoms with E-state index in [2.05, 4.69) is 36.4 Å². The van der Waals surface area contributed by atoms with E-state index in [1.165, 1.54) is 18.4 Å². The van der Waals surface area contributed by atoms with Gasteiger partial charge in [-0.3, -0.25) is 4.79 Å². The molecule has 0 spiro atoms. The molecule has 29 heavy (non-hydrogen) atoms. The van der Waals surface area contributed by atoms with Crippen LogP contribution in [0.3, 0.4) is 0 Å². The fraction of sp³-hybridized carbons (Fsp3) is 0.458. The summed E-state index contributed by atoms with van der Waals surface area (Å²) in [5.74, 6) is 1.83. The van der Waals surface area contributed by atoms with Crippen LogP contribution in [0.1, 0.15) is 47.6 Å². The number of hydrogen-bond acceptors (Lipinski definition) is 3. The molecule has 3 rings (SSSR count). The Morgan fingerprint density at radius 2 is 1.83 bits per heavy atom. The first-order chi connectivity index (χ1) is 14.0. The van der Waals surface area contributed by atoms with Gasteiger partial charge in [-0.05, 0) is 87.5 Å². The van der Waals surface area contributed by atoms with Crippen molar-refractivity contribution in [2.24, 2.45) is 11.8 Å². The van der Waals surface area contributed by atoms with E-state index in [4.69, 9.17) is 16.3 Å². The predicted molar refractivity (Wildman–Crippen MR) is 119 cm³/mol. The van der Waals surface area contributed by atoms with Gasteiger partial charge in [0.05, 0.1) is 7.11 Å². The molecule has 1 saturated carbocycles. The van der Waals surface area contributed by atoms with E-state index < -0.39 is 0 Å². The Kier molecular flexibility index (Phi) is 7.57. The SMILES string of the molecule is COc1cccc(C(=O)NCC2CCC(C(c3ccc(Cl)cc3)N(C)C)CC2)c1. The second-order valence-electron chi connectivity index (χ2n) is 8.18. The molecule has 1 fully saturated rings. The summed E-state index contributed by atoms with van der Waals surface area (Å²) < 4.78 is 5.20. The standard InChI is InChI=1S/C24H31ClN2O2/c1-27(2)23(19-11-13-21(25)14-12-19)18-9-7-17(8-10-18)16-26-24(28)20-5-4-6-22(15-20)29-3/h4-6,11-15,17-18,23H,7-10,16H2,1-3H3,(H,26,28). The molecule has 1 amide bonds. The van der Waals surface area contributed by atoms with E-state index in [0.717, 1.165) is 24.4 Å². The van der Waals surface area contributed by atoms with Gasteiger partial charge in [0, 0.05) is 23.2 Å². The van der Waals surface area contributed by atoms with Crippen LogP contribution >= 0.6 is 11.6 Å². The van der Waals surface area contributed by atoms with Crippen molar-refractivity contribution in [2.75, 3.05) is 27.7 Å². The van der Waals surface area contributed by atoms with Gasteiger partial charge in [-0.2, -0.15) is 0 Å². The number of nitrogens with zero attached hydrogens (tertiary/aromatic N) is 1. The van der Waals surface area contributed by atoms with Crippen molar-refractivity contribution in [3.05, 3.63) is 64.7 Å². The van der Waals surface area contributed by atoms with Crippen LogP contribution in [-0.2, 0) is 0 Å². The minimum atomic E-state index is -0.0293.